The molecule has 0 bridgehead atoms. The van der Waals surface area contributed by atoms with Crippen LogP contribution in [0.2, 0.25) is 0 Å². The average Bonchev–Trinajstić information content (AvgIpc) is 2.82. The lowest BCUT2D eigenvalue weighted by Gasteiger charge is -2.25. The van der Waals surface area contributed by atoms with Crippen LogP contribution in [0.1, 0.15) is 5.56 Å². The third-order valence-corrected chi connectivity index (χ3v) is 4.90. The summed E-state index contributed by atoms with van der Waals surface area (Å²) in [5.41, 5.74) is 3.14. The van der Waals surface area contributed by atoms with Crippen molar-refractivity contribution in [1.29, 1.82) is 0 Å². The Morgan fingerprint density at radius 2 is 1.32 bits per heavy atom. The van der Waals surface area contributed by atoms with Gasteiger partial charge in [-0.15, -0.1) is 0 Å². The predicted octanol–water partition coefficient (Wildman–Crippen LogP) is 3.49. The number of rotatable bonds is 4. The number of anilines is 3. The SMILES string of the molecule is CN1C(=O)C(NCc2ccccc2)C(=O)N(c2ccccc2)c2ccccc21. The van der Waals surface area contributed by atoms with Gasteiger partial charge in [-0.3, -0.25) is 19.8 Å². The highest BCUT2D eigenvalue weighted by atomic mass is 16.2. The first kappa shape index (κ1) is 17.9. The number of hydrogen-bond donors (Lipinski definition) is 1. The molecule has 1 atom stereocenters. The van der Waals surface area contributed by atoms with Crippen LogP contribution in [0.3, 0.4) is 0 Å². The van der Waals surface area contributed by atoms with E-state index in [1.54, 1.807) is 16.8 Å². The molecular formula is C23H21N3O2. The third-order valence-electron chi connectivity index (χ3n) is 4.90. The van der Waals surface area contributed by atoms with E-state index in [2.05, 4.69) is 5.32 Å². The van der Waals surface area contributed by atoms with Crippen molar-refractivity contribution in [2.75, 3.05) is 16.8 Å². The number of carbonyl (C=O) groups excluding carboxylic acids is 2. The number of nitrogens with zero attached hydrogens (tertiary/aromatic N) is 2. The highest BCUT2D eigenvalue weighted by Crippen LogP contribution is 2.37. The Morgan fingerprint density at radius 1 is 0.750 bits per heavy atom. The quantitative estimate of drug-likeness (QED) is 0.715. The summed E-state index contributed by atoms with van der Waals surface area (Å²) < 4.78 is 0. The van der Waals surface area contributed by atoms with Gasteiger partial charge in [0.15, 0.2) is 6.04 Å². The van der Waals surface area contributed by atoms with Gasteiger partial charge in [-0.1, -0.05) is 60.7 Å². The van der Waals surface area contributed by atoms with Crippen molar-refractivity contribution in [3.63, 3.8) is 0 Å². The molecule has 0 fully saturated rings. The van der Waals surface area contributed by atoms with E-state index in [-0.39, 0.29) is 11.8 Å². The molecule has 3 aromatic rings. The molecule has 1 heterocycles. The van der Waals surface area contributed by atoms with Gasteiger partial charge in [0, 0.05) is 19.3 Å². The van der Waals surface area contributed by atoms with Crippen LogP contribution in [0.5, 0.6) is 0 Å². The molecule has 0 saturated heterocycles. The Hall–Kier alpha value is -3.44. The molecule has 0 aliphatic carbocycles. The zero-order valence-electron chi connectivity index (χ0n) is 15.6. The minimum atomic E-state index is -0.974. The summed E-state index contributed by atoms with van der Waals surface area (Å²) in [6.07, 6.45) is 0. The maximum Gasteiger partial charge on any atom is 0.258 e. The van der Waals surface area contributed by atoms with Crippen LogP contribution in [0.4, 0.5) is 17.1 Å². The number of fused-ring (bicyclic) bond motifs is 1. The molecule has 140 valence electrons. The van der Waals surface area contributed by atoms with Crippen LogP contribution in [0.15, 0.2) is 84.9 Å². The molecule has 28 heavy (non-hydrogen) atoms. The molecule has 1 aliphatic rings. The lowest BCUT2D eigenvalue weighted by atomic mass is 10.1. The number of carbonyl (C=O) groups is 2. The second-order valence-corrected chi connectivity index (χ2v) is 6.69. The van der Waals surface area contributed by atoms with E-state index in [1.165, 1.54) is 0 Å². The molecule has 0 spiro atoms. The van der Waals surface area contributed by atoms with Crippen LogP contribution < -0.4 is 15.1 Å². The molecule has 0 aromatic heterocycles. The molecule has 1 N–H and O–H groups in total. The lowest BCUT2D eigenvalue weighted by molar-refractivity contribution is -0.128. The minimum Gasteiger partial charge on any atom is -0.312 e. The maximum absolute atomic E-state index is 13.5. The van der Waals surface area contributed by atoms with Crippen LogP contribution >= 0.6 is 0 Å². The number of para-hydroxylation sites is 3. The Labute approximate surface area is 164 Å². The molecule has 5 nitrogen and oxygen atoms in total. The zero-order valence-corrected chi connectivity index (χ0v) is 15.6. The minimum absolute atomic E-state index is 0.271. The number of benzene rings is 3. The van der Waals surface area contributed by atoms with Crippen molar-refractivity contribution < 1.29 is 9.59 Å². The lowest BCUT2D eigenvalue weighted by Crippen LogP contribution is -2.52. The molecular weight excluding hydrogens is 350 g/mol. The summed E-state index contributed by atoms with van der Waals surface area (Å²) >= 11 is 0. The Bertz CT molecular complexity index is 989. The second kappa shape index (κ2) is 7.66. The van der Waals surface area contributed by atoms with Crippen molar-refractivity contribution in [2.24, 2.45) is 0 Å². The number of hydrogen-bond acceptors (Lipinski definition) is 3. The molecule has 3 aromatic carbocycles. The Kier molecular flexibility index (Phi) is 4.91. The first-order chi connectivity index (χ1) is 13.7. The molecule has 0 radical (unpaired) electrons. The number of likely N-dealkylation sites (N-methyl/N-ethyl adjacent to an activating group) is 1. The van der Waals surface area contributed by atoms with Crippen LogP contribution in [-0.2, 0) is 16.1 Å². The van der Waals surface area contributed by atoms with E-state index in [4.69, 9.17) is 0 Å². The molecule has 1 unspecified atom stereocenters. The van der Waals surface area contributed by atoms with E-state index < -0.39 is 6.04 Å². The Morgan fingerprint density at radius 3 is 2.00 bits per heavy atom. The largest absolute Gasteiger partial charge is 0.312 e. The highest BCUT2D eigenvalue weighted by Gasteiger charge is 2.39. The number of nitrogens with one attached hydrogen (secondary N) is 1. The average molecular weight is 371 g/mol. The van der Waals surface area contributed by atoms with Gasteiger partial charge in [0.2, 0.25) is 0 Å². The summed E-state index contributed by atoms with van der Waals surface area (Å²) in [7, 11) is 1.71. The fraction of sp³-hybridized carbons (Fsp3) is 0.130. The first-order valence-corrected chi connectivity index (χ1v) is 9.20. The van der Waals surface area contributed by atoms with Gasteiger partial charge in [0.1, 0.15) is 0 Å². The van der Waals surface area contributed by atoms with Gasteiger partial charge < -0.3 is 4.90 Å². The predicted molar refractivity (Wildman–Crippen MR) is 111 cm³/mol. The van der Waals surface area contributed by atoms with Gasteiger partial charge >= 0.3 is 0 Å². The molecule has 4 rings (SSSR count). The topological polar surface area (TPSA) is 52.7 Å². The normalized spacial score (nSPS) is 16.7. The Balaban J connectivity index is 1.75. The van der Waals surface area contributed by atoms with Crippen LogP contribution in [-0.4, -0.2) is 24.9 Å². The summed E-state index contributed by atoms with van der Waals surface area (Å²) in [5.74, 6) is -0.559. The van der Waals surface area contributed by atoms with Gasteiger partial charge in [0.25, 0.3) is 11.8 Å². The summed E-state index contributed by atoms with van der Waals surface area (Å²) in [4.78, 5) is 29.8. The highest BCUT2D eigenvalue weighted by molar-refractivity contribution is 6.22. The third kappa shape index (κ3) is 3.28. The van der Waals surface area contributed by atoms with Gasteiger partial charge in [-0.25, -0.2) is 0 Å². The molecule has 5 heteroatoms. The molecule has 0 saturated carbocycles. The summed E-state index contributed by atoms with van der Waals surface area (Å²) in [5, 5.41) is 3.16. The van der Waals surface area contributed by atoms with E-state index in [9.17, 15) is 9.59 Å². The molecule has 1 aliphatic heterocycles. The monoisotopic (exact) mass is 371 g/mol. The fourth-order valence-electron chi connectivity index (χ4n) is 3.44. The fourth-order valence-corrected chi connectivity index (χ4v) is 3.44. The van der Waals surface area contributed by atoms with Gasteiger partial charge in [0.05, 0.1) is 11.4 Å². The van der Waals surface area contributed by atoms with Gasteiger partial charge in [-0.05, 0) is 29.8 Å². The maximum atomic E-state index is 13.5. The van der Waals surface area contributed by atoms with Crippen LogP contribution in [0.25, 0.3) is 0 Å². The number of amides is 2. The zero-order chi connectivity index (χ0) is 19.5. The van der Waals surface area contributed by atoms with Crippen molar-refractivity contribution in [1.82, 2.24) is 5.32 Å². The van der Waals surface area contributed by atoms with Crippen molar-refractivity contribution >= 4 is 28.9 Å². The first-order valence-electron chi connectivity index (χ1n) is 9.20. The van der Waals surface area contributed by atoms with Crippen molar-refractivity contribution in [3.8, 4) is 0 Å². The van der Waals surface area contributed by atoms with E-state index in [0.717, 1.165) is 11.3 Å². The van der Waals surface area contributed by atoms with Crippen LogP contribution in [0, 0.1) is 0 Å². The summed E-state index contributed by atoms with van der Waals surface area (Å²) in [6, 6.07) is 25.6. The van der Waals surface area contributed by atoms with E-state index in [1.807, 2.05) is 84.9 Å². The van der Waals surface area contributed by atoms with Crippen molar-refractivity contribution in [3.05, 3.63) is 90.5 Å². The molecule has 2 amide bonds. The van der Waals surface area contributed by atoms with Gasteiger partial charge in [-0.2, -0.15) is 0 Å². The standard InChI is InChI=1S/C23H21N3O2/c1-25-19-14-8-9-15-20(19)26(18-12-6-3-7-13-18)23(28)21(22(25)27)24-16-17-10-4-2-5-11-17/h2-15,21,24H,16H2,1H3. The van der Waals surface area contributed by atoms with Crippen molar-refractivity contribution in [2.45, 2.75) is 12.6 Å². The smallest absolute Gasteiger partial charge is 0.258 e. The second-order valence-electron chi connectivity index (χ2n) is 6.69. The summed E-state index contributed by atoms with van der Waals surface area (Å²) in [6.45, 7) is 0.426. The van der Waals surface area contributed by atoms with E-state index >= 15 is 0 Å². The van der Waals surface area contributed by atoms with E-state index in [0.29, 0.717) is 17.9 Å².